The van der Waals surface area contributed by atoms with E-state index < -0.39 is 8.07 Å². The highest BCUT2D eigenvalue weighted by molar-refractivity contribution is 6.83. The van der Waals surface area contributed by atoms with Crippen LogP contribution in [0.4, 0.5) is 0 Å². The van der Waals surface area contributed by atoms with Crippen molar-refractivity contribution in [1.82, 2.24) is 0 Å². The van der Waals surface area contributed by atoms with Gasteiger partial charge in [0.15, 0.2) is 0 Å². The second kappa shape index (κ2) is 6.25. The van der Waals surface area contributed by atoms with E-state index in [4.69, 9.17) is 0 Å². The predicted octanol–water partition coefficient (Wildman–Crippen LogP) is 5.46. The van der Waals surface area contributed by atoms with Gasteiger partial charge < -0.3 is 5.11 Å². The molecule has 0 aliphatic heterocycles. The Balaban J connectivity index is 2.34. The van der Waals surface area contributed by atoms with E-state index in [2.05, 4.69) is 75.4 Å². The van der Waals surface area contributed by atoms with Gasteiger partial charge in [0.1, 0.15) is 0 Å². The number of rotatable bonds is 5. The minimum absolute atomic E-state index is 0.0442. The monoisotopic (exact) mass is 324 g/mol. The van der Waals surface area contributed by atoms with Crippen LogP contribution in [-0.2, 0) is 5.04 Å². The second-order valence-electron chi connectivity index (χ2n) is 6.92. The Labute approximate surface area is 141 Å². The first-order valence-electron chi connectivity index (χ1n) is 8.98. The second-order valence-corrected chi connectivity index (χ2v) is 12.5. The minimum Gasteiger partial charge on any atom is -0.388 e. The standard InChI is InChI=1S/C21H28OSi/c1-4-23(5-2,6-3)21(17-12-8-7-9-13-17)16-20(22)18-14-10-11-15-19(18)21/h7-15,20,22H,4-6,16H2,1-3H3/t20-,21-/m1/s1. The average molecular weight is 325 g/mol. The van der Waals surface area contributed by atoms with Crippen molar-refractivity contribution in [1.29, 1.82) is 0 Å². The van der Waals surface area contributed by atoms with Gasteiger partial charge in [-0.3, -0.25) is 0 Å². The van der Waals surface area contributed by atoms with Gasteiger partial charge in [0, 0.05) is 5.04 Å². The molecular weight excluding hydrogens is 296 g/mol. The van der Waals surface area contributed by atoms with Crippen LogP contribution in [0.3, 0.4) is 0 Å². The third-order valence-corrected chi connectivity index (χ3v) is 13.1. The summed E-state index contributed by atoms with van der Waals surface area (Å²) in [7, 11) is -1.63. The van der Waals surface area contributed by atoms with Crippen molar-refractivity contribution in [2.24, 2.45) is 0 Å². The molecule has 0 fully saturated rings. The molecule has 0 aromatic heterocycles. The summed E-state index contributed by atoms with van der Waals surface area (Å²) < 4.78 is 0. The molecule has 1 aliphatic rings. The lowest BCUT2D eigenvalue weighted by Crippen LogP contribution is -2.54. The molecule has 0 radical (unpaired) electrons. The SMILES string of the molecule is CC[Si](CC)(CC)[C@@]1(c2ccccc2)C[C@@H](O)c2ccccc21. The number of hydrogen-bond acceptors (Lipinski definition) is 1. The zero-order valence-corrected chi connectivity index (χ0v) is 15.5. The third kappa shape index (κ3) is 2.23. The molecule has 0 bridgehead atoms. The van der Waals surface area contributed by atoms with Crippen LogP contribution >= 0.6 is 0 Å². The fourth-order valence-electron chi connectivity index (χ4n) is 5.15. The van der Waals surface area contributed by atoms with Crippen molar-refractivity contribution in [2.45, 2.75) is 56.5 Å². The molecule has 2 heteroatoms. The van der Waals surface area contributed by atoms with Crippen molar-refractivity contribution in [3.05, 3.63) is 71.3 Å². The van der Waals surface area contributed by atoms with Crippen LogP contribution in [0.1, 0.15) is 50.0 Å². The van der Waals surface area contributed by atoms with Gasteiger partial charge in [-0.25, -0.2) is 0 Å². The summed E-state index contributed by atoms with van der Waals surface area (Å²) in [4.78, 5) is 0. The Morgan fingerprint density at radius 1 is 0.913 bits per heavy atom. The molecule has 2 atom stereocenters. The molecular formula is C21H28OSi. The lowest BCUT2D eigenvalue weighted by Gasteiger charge is -2.48. The summed E-state index contributed by atoms with van der Waals surface area (Å²) in [6.45, 7) is 7.12. The van der Waals surface area contributed by atoms with Crippen LogP contribution in [0.2, 0.25) is 18.1 Å². The molecule has 1 nitrogen and oxygen atoms in total. The van der Waals surface area contributed by atoms with Crippen molar-refractivity contribution in [3.8, 4) is 0 Å². The molecule has 0 spiro atoms. The van der Waals surface area contributed by atoms with Crippen LogP contribution in [0.5, 0.6) is 0 Å². The number of aliphatic hydroxyl groups excluding tert-OH is 1. The van der Waals surface area contributed by atoms with Crippen LogP contribution in [0, 0.1) is 0 Å². The van der Waals surface area contributed by atoms with Gasteiger partial charge in [0.05, 0.1) is 14.2 Å². The largest absolute Gasteiger partial charge is 0.388 e. The number of fused-ring (bicyclic) bond motifs is 1. The Hall–Kier alpha value is -1.38. The molecule has 0 amide bonds. The van der Waals surface area contributed by atoms with Gasteiger partial charge in [-0.2, -0.15) is 0 Å². The van der Waals surface area contributed by atoms with Gasteiger partial charge in [0.2, 0.25) is 0 Å². The molecule has 2 aromatic carbocycles. The van der Waals surface area contributed by atoms with Gasteiger partial charge in [-0.15, -0.1) is 0 Å². The van der Waals surface area contributed by atoms with E-state index in [1.54, 1.807) is 0 Å². The van der Waals surface area contributed by atoms with E-state index in [0.29, 0.717) is 0 Å². The Kier molecular flexibility index (Phi) is 4.48. The first-order valence-corrected chi connectivity index (χ1v) is 11.6. The van der Waals surface area contributed by atoms with E-state index >= 15 is 0 Å². The zero-order chi connectivity index (χ0) is 16.5. The lowest BCUT2D eigenvalue weighted by molar-refractivity contribution is 0.171. The smallest absolute Gasteiger partial charge is 0.0801 e. The molecule has 1 N–H and O–H groups in total. The predicted molar refractivity (Wildman–Crippen MR) is 100 cm³/mol. The van der Waals surface area contributed by atoms with Gasteiger partial charge in [-0.05, 0) is 23.1 Å². The fraction of sp³-hybridized carbons (Fsp3) is 0.429. The van der Waals surface area contributed by atoms with E-state index in [-0.39, 0.29) is 11.1 Å². The van der Waals surface area contributed by atoms with Crippen LogP contribution < -0.4 is 0 Å². The van der Waals surface area contributed by atoms with Crippen LogP contribution in [-0.4, -0.2) is 13.2 Å². The molecule has 0 heterocycles. The van der Waals surface area contributed by atoms with Crippen molar-refractivity contribution in [2.75, 3.05) is 0 Å². The Morgan fingerprint density at radius 3 is 2.09 bits per heavy atom. The van der Waals surface area contributed by atoms with Gasteiger partial charge in [0.25, 0.3) is 0 Å². The first-order chi connectivity index (χ1) is 11.1. The van der Waals surface area contributed by atoms with Crippen molar-refractivity contribution < 1.29 is 5.11 Å². The summed E-state index contributed by atoms with van der Waals surface area (Å²) in [5.41, 5.74) is 3.97. The highest BCUT2D eigenvalue weighted by atomic mass is 28.3. The first kappa shape index (κ1) is 16.5. The van der Waals surface area contributed by atoms with E-state index in [9.17, 15) is 5.11 Å². The summed E-state index contributed by atoms with van der Waals surface area (Å²) in [6, 6.07) is 23.4. The van der Waals surface area contributed by atoms with Crippen molar-refractivity contribution in [3.63, 3.8) is 0 Å². The molecule has 122 valence electrons. The minimum atomic E-state index is -1.63. The van der Waals surface area contributed by atoms with E-state index in [1.165, 1.54) is 29.3 Å². The number of benzene rings is 2. The van der Waals surface area contributed by atoms with E-state index in [0.717, 1.165) is 12.0 Å². The maximum absolute atomic E-state index is 10.9. The topological polar surface area (TPSA) is 20.2 Å². The van der Waals surface area contributed by atoms with Crippen molar-refractivity contribution >= 4 is 8.07 Å². The summed E-state index contributed by atoms with van der Waals surface area (Å²) in [5.74, 6) is 0. The van der Waals surface area contributed by atoms with Gasteiger partial charge >= 0.3 is 0 Å². The number of aliphatic hydroxyl groups is 1. The highest BCUT2D eigenvalue weighted by Gasteiger charge is 2.56. The number of hydrogen-bond donors (Lipinski definition) is 1. The quantitative estimate of drug-likeness (QED) is 0.724. The normalized spacial score (nSPS) is 23.7. The fourth-order valence-corrected chi connectivity index (χ4v) is 10.7. The molecule has 3 rings (SSSR count). The third-order valence-electron chi connectivity index (χ3n) is 6.48. The van der Waals surface area contributed by atoms with E-state index in [1.807, 2.05) is 0 Å². The molecule has 0 saturated carbocycles. The maximum atomic E-state index is 10.9. The molecule has 2 aromatic rings. The van der Waals surface area contributed by atoms with Crippen LogP contribution in [0.25, 0.3) is 0 Å². The van der Waals surface area contributed by atoms with Gasteiger partial charge in [-0.1, -0.05) is 93.5 Å². The maximum Gasteiger partial charge on any atom is 0.0801 e. The molecule has 1 aliphatic carbocycles. The van der Waals surface area contributed by atoms with Crippen LogP contribution in [0.15, 0.2) is 54.6 Å². The average Bonchev–Trinajstić information content (AvgIpc) is 2.93. The summed E-state index contributed by atoms with van der Waals surface area (Å²) in [6.07, 6.45) is 0.529. The zero-order valence-electron chi connectivity index (χ0n) is 14.5. The molecule has 23 heavy (non-hydrogen) atoms. The molecule has 0 saturated heterocycles. The lowest BCUT2D eigenvalue weighted by atomic mass is 9.91. The highest BCUT2D eigenvalue weighted by Crippen LogP contribution is 2.57. The summed E-state index contributed by atoms with van der Waals surface area (Å²) in [5, 5.41) is 10.9. The summed E-state index contributed by atoms with van der Waals surface area (Å²) >= 11 is 0. The Morgan fingerprint density at radius 2 is 1.48 bits per heavy atom. The molecule has 0 unspecified atom stereocenters. The Bertz CT molecular complexity index is 654.